The molecule has 0 spiro atoms. The molecule has 0 bridgehead atoms. The Labute approximate surface area is 123 Å². The van der Waals surface area contributed by atoms with Gasteiger partial charge in [0.2, 0.25) is 0 Å². The minimum atomic E-state index is -0.318. The molecule has 0 aliphatic carbocycles. The number of nitriles is 1. The van der Waals surface area contributed by atoms with Gasteiger partial charge in [-0.05, 0) is 24.1 Å². The Morgan fingerprint density at radius 3 is 2.52 bits per heavy atom. The predicted molar refractivity (Wildman–Crippen MR) is 78.9 cm³/mol. The van der Waals surface area contributed by atoms with Crippen LogP contribution < -0.4 is 4.74 Å². The van der Waals surface area contributed by atoms with Gasteiger partial charge >= 0.3 is 0 Å². The fraction of sp³-hybridized carbons (Fsp3) is 0.222. The number of para-hydroxylation sites is 1. The van der Waals surface area contributed by atoms with Gasteiger partial charge in [0.05, 0.1) is 17.6 Å². The highest BCUT2D eigenvalue weighted by molar-refractivity contribution is 6.01. The molecule has 1 aliphatic heterocycles. The van der Waals surface area contributed by atoms with E-state index in [4.69, 9.17) is 10.00 Å². The Morgan fingerprint density at radius 2 is 1.76 bits per heavy atom. The van der Waals surface area contributed by atoms with Crippen LogP contribution in [0, 0.1) is 17.2 Å². The summed E-state index contributed by atoms with van der Waals surface area (Å²) in [6, 6.07) is 19.2. The monoisotopic (exact) mass is 277 g/mol. The molecule has 3 rings (SSSR count). The van der Waals surface area contributed by atoms with E-state index in [0.29, 0.717) is 24.2 Å². The number of hydrogen-bond acceptors (Lipinski definition) is 3. The molecule has 1 heterocycles. The second-order valence-corrected chi connectivity index (χ2v) is 5.11. The van der Waals surface area contributed by atoms with Crippen molar-refractivity contribution in [1.82, 2.24) is 0 Å². The average Bonchev–Trinajstić information content (AvgIpc) is 2.55. The molecule has 0 amide bonds. The standard InChI is InChI=1S/C18H15NO2/c19-12-6-10-15-17(20)14-9-4-5-11-16(14)21-18(15)13-7-2-1-3-8-13/h1-5,7-9,11,15,18H,6,10H2. The lowest BCUT2D eigenvalue weighted by Crippen LogP contribution is -2.31. The van der Waals surface area contributed by atoms with Crippen molar-refractivity contribution in [2.45, 2.75) is 18.9 Å². The van der Waals surface area contributed by atoms with Crippen LogP contribution in [0.3, 0.4) is 0 Å². The third kappa shape index (κ3) is 2.53. The number of benzene rings is 2. The number of carbonyl (C=O) groups excluding carboxylic acids is 1. The number of hydrogen-bond donors (Lipinski definition) is 0. The van der Waals surface area contributed by atoms with Crippen molar-refractivity contribution in [3.05, 3.63) is 65.7 Å². The van der Waals surface area contributed by atoms with Crippen LogP contribution in [0.15, 0.2) is 54.6 Å². The number of nitrogens with zero attached hydrogens (tertiary/aromatic N) is 1. The quantitative estimate of drug-likeness (QED) is 0.854. The first kappa shape index (κ1) is 13.4. The van der Waals surface area contributed by atoms with Crippen LogP contribution in [0.1, 0.15) is 34.9 Å². The number of rotatable bonds is 3. The zero-order chi connectivity index (χ0) is 14.7. The number of ketones is 1. The Morgan fingerprint density at radius 1 is 1.05 bits per heavy atom. The van der Waals surface area contributed by atoms with E-state index in [9.17, 15) is 4.79 Å². The van der Waals surface area contributed by atoms with Crippen LogP contribution in [-0.2, 0) is 0 Å². The van der Waals surface area contributed by atoms with Crippen LogP contribution in [0.4, 0.5) is 0 Å². The van der Waals surface area contributed by atoms with Crippen LogP contribution in [0.5, 0.6) is 5.75 Å². The highest BCUT2D eigenvalue weighted by Gasteiger charge is 2.37. The lowest BCUT2D eigenvalue weighted by Gasteiger charge is -2.32. The molecule has 21 heavy (non-hydrogen) atoms. The van der Waals surface area contributed by atoms with E-state index in [-0.39, 0.29) is 17.8 Å². The second-order valence-electron chi connectivity index (χ2n) is 5.11. The van der Waals surface area contributed by atoms with Gasteiger partial charge in [-0.2, -0.15) is 5.26 Å². The number of ether oxygens (including phenoxy) is 1. The summed E-state index contributed by atoms with van der Waals surface area (Å²) in [5, 5.41) is 8.83. The van der Waals surface area contributed by atoms with E-state index in [1.54, 1.807) is 6.07 Å². The highest BCUT2D eigenvalue weighted by atomic mass is 16.5. The summed E-state index contributed by atoms with van der Waals surface area (Å²) in [6.45, 7) is 0. The van der Waals surface area contributed by atoms with Gasteiger partial charge in [-0.25, -0.2) is 0 Å². The summed E-state index contributed by atoms with van der Waals surface area (Å²) < 4.78 is 6.07. The summed E-state index contributed by atoms with van der Waals surface area (Å²) in [6.07, 6.45) is 0.552. The van der Waals surface area contributed by atoms with Crippen molar-refractivity contribution in [1.29, 1.82) is 5.26 Å². The van der Waals surface area contributed by atoms with Crippen molar-refractivity contribution in [3.63, 3.8) is 0 Å². The Hall–Kier alpha value is -2.60. The van der Waals surface area contributed by atoms with Gasteiger partial charge in [-0.3, -0.25) is 4.79 Å². The minimum Gasteiger partial charge on any atom is -0.484 e. The molecule has 2 aromatic carbocycles. The maximum atomic E-state index is 12.7. The summed E-state index contributed by atoms with van der Waals surface area (Å²) in [5.74, 6) is 0.396. The Bertz CT molecular complexity index is 688. The van der Waals surface area contributed by atoms with Crippen molar-refractivity contribution in [3.8, 4) is 11.8 Å². The molecule has 2 unspecified atom stereocenters. The van der Waals surface area contributed by atoms with E-state index in [1.807, 2.05) is 48.5 Å². The fourth-order valence-electron chi connectivity index (χ4n) is 2.77. The Balaban J connectivity index is 2.01. The normalized spacial score (nSPS) is 20.2. The molecule has 3 heteroatoms. The zero-order valence-corrected chi connectivity index (χ0v) is 11.5. The molecular formula is C18H15NO2. The van der Waals surface area contributed by atoms with E-state index in [1.165, 1.54) is 0 Å². The summed E-state index contributed by atoms with van der Waals surface area (Å²) in [4.78, 5) is 12.7. The molecule has 0 radical (unpaired) electrons. The van der Waals surface area contributed by atoms with Gasteiger partial charge in [0.15, 0.2) is 5.78 Å². The number of Topliss-reactive ketones (excluding diaryl/α,β-unsaturated/α-hetero) is 1. The van der Waals surface area contributed by atoms with Crippen molar-refractivity contribution in [2.24, 2.45) is 5.92 Å². The number of fused-ring (bicyclic) bond motifs is 1. The minimum absolute atomic E-state index is 0.0703. The largest absolute Gasteiger partial charge is 0.484 e. The first-order valence-corrected chi connectivity index (χ1v) is 7.03. The maximum absolute atomic E-state index is 12.7. The number of carbonyl (C=O) groups is 1. The zero-order valence-electron chi connectivity index (χ0n) is 11.5. The molecule has 2 atom stereocenters. The third-order valence-electron chi connectivity index (χ3n) is 3.80. The van der Waals surface area contributed by atoms with Crippen LogP contribution in [0.25, 0.3) is 0 Å². The van der Waals surface area contributed by atoms with Crippen LogP contribution in [0.2, 0.25) is 0 Å². The van der Waals surface area contributed by atoms with E-state index < -0.39 is 0 Å². The molecule has 1 aliphatic rings. The van der Waals surface area contributed by atoms with Gasteiger partial charge in [-0.1, -0.05) is 42.5 Å². The molecule has 3 nitrogen and oxygen atoms in total. The summed E-state index contributed by atoms with van der Waals surface area (Å²) in [7, 11) is 0. The highest BCUT2D eigenvalue weighted by Crippen LogP contribution is 2.40. The first-order chi connectivity index (χ1) is 10.3. The van der Waals surface area contributed by atoms with Crippen molar-refractivity contribution < 1.29 is 9.53 Å². The molecular weight excluding hydrogens is 262 g/mol. The Kier molecular flexibility index (Phi) is 3.70. The van der Waals surface area contributed by atoms with E-state index in [0.717, 1.165) is 5.56 Å². The van der Waals surface area contributed by atoms with Gasteiger partial charge in [0.1, 0.15) is 11.9 Å². The molecule has 0 N–H and O–H groups in total. The smallest absolute Gasteiger partial charge is 0.173 e. The van der Waals surface area contributed by atoms with Gasteiger partial charge in [-0.15, -0.1) is 0 Å². The fourth-order valence-corrected chi connectivity index (χ4v) is 2.77. The molecule has 0 aromatic heterocycles. The third-order valence-corrected chi connectivity index (χ3v) is 3.80. The predicted octanol–water partition coefficient (Wildman–Crippen LogP) is 3.92. The van der Waals surface area contributed by atoms with Crippen LogP contribution in [-0.4, -0.2) is 5.78 Å². The van der Waals surface area contributed by atoms with Gasteiger partial charge in [0.25, 0.3) is 0 Å². The lowest BCUT2D eigenvalue weighted by molar-refractivity contribution is 0.0640. The molecule has 0 saturated heterocycles. The van der Waals surface area contributed by atoms with Gasteiger partial charge in [0, 0.05) is 6.42 Å². The second kappa shape index (κ2) is 5.80. The maximum Gasteiger partial charge on any atom is 0.173 e. The molecule has 2 aromatic rings. The van der Waals surface area contributed by atoms with Crippen LogP contribution >= 0.6 is 0 Å². The van der Waals surface area contributed by atoms with Crippen molar-refractivity contribution >= 4 is 5.78 Å². The SMILES string of the molecule is N#CCCC1C(=O)c2ccccc2OC1c1ccccc1. The average molecular weight is 277 g/mol. The topological polar surface area (TPSA) is 50.1 Å². The summed E-state index contributed by atoms with van der Waals surface area (Å²) >= 11 is 0. The van der Waals surface area contributed by atoms with E-state index >= 15 is 0 Å². The molecule has 104 valence electrons. The summed E-state index contributed by atoms with van der Waals surface area (Å²) in [5.41, 5.74) is 1.59. The molecule has 0 fully saturated rings. The van der Waals surface area contributed by atoms with Gasteiger partial charge < -0.3 is 4.74 Å². The van der Waals surface area contributed by atoms with E-state index in [2.05, 4.69) is 6.07 Å². The van der Waals surface area contributed by atoms with Crippen molar-refractivity contribution in [2.75, 3.05) is 0 Å². The lowest BCUT2D eigenvalue weighted by atomic mass is 9.83. The first-order valence-electron chi connectivity index (χ1n) is 7.03. The molecule has 0 saturated carbocycles.